The number of hydrogen-bond acceptors (Lipinski definition) is 1. The summed E-state index contributed by atoms with van der Waals surface area (Å²) in [6.45, 7) is 2.10. The lowest BCUT2D eigenvalue weighted by atomic mass is 10.2. The van der Waals surface area contributed by atoms with Gasteiger partial charge >= 0.3 is 0 Å². The Labute approximate surface area is 82.1 Å². The molecule has 0 fully saturated rings. The van der Waals surface area contributed by atoms with Gasteiger partial charge in [-0.05, 0) is 12.8 Å². The topological polar surface area (TPSA) is 3.24 Å². The van der Waals surface area contributed by atoms with Crippen molar-refractivity contribution in [3.05, 3.63) is 10.1 Å². The molecule has 0 aromatic carbocycles. The van der Waals surface area contributed by atoms with Crippen molar-refractivity contribution in [2.75, 3.05) is 26.3 Å². The molecule has 4 heteroatoms. The van der Waals surface area contributed by atoms with Gasteiger partial charge in [-0.25, -0.2) is 0 Å². The molecule has 0 aromatic heterocycles. The van der Waals surface area contributed by atoms with Crippen LogP contribution in [0.3, 0.4) is 0 Å². The van der Waals surface area contributed by atoms with E-state index in [9.17, 15) is 4.39 Å². The van der Waals surface area contributed by atoms with Crippen LogP contribution in [-0.4, -0.2) is 31.2 Å². The molecule has 0 aromatic rings. The normalized spacial score (nSPS) is 20.2. The van der Waals surface area contributed by atoms with E-state index < -0.39 is 0 Å². The summed E-state index contributed by atoms with van der Waals surface area (Å²) in [5, 5.41) is 1.47. The lowest BCUT2D eigenvalue weighted by Gasteiger charge is -2.25. The van der Waals surface area contributed by atoms with Gasteiger partial charge in [0.15, 0.2) is 0 Å². The largest absolute Gasteiger partial charge is 0.298 e. The van der Waals surface area contributed by atoms with E-state index >= 15 is 0 Å². The fourth-order valence-electron chi connectivity index (χ4n) is 1.23. The Morgan fingerprint density at radius 2 is 2.08 bits per heavy atom. The lowest BCUT2D eigenvalue weighted by Crippen LogP contribution is -2.31. The third-order valence-corrected chi connectivity index (χ3v) is 2.77. The van der Waals surface area contributed by atoms with Crippen LogP contribution in [0, 0.1) is 0 Å². The van der Waals surface area contributed by atoms with Gasteiger partial charge in [-0.1, -0.05) is 23.2 Å². The summed E-state index contributed by atoms with van der Waals surface area (Å²) in [7, 11) is 0. The van der Waals surface area contributed by atoms with Crippen molar-refractivity contribution in [1.29, 1.82) is 0 Å². The zero-order valence-electron chi connectivity index (χ0n) is 6.82. The van der Waals surface area contributed by atoms with E-state index in [2.05, 4.69) is 4.90 Å². The fraction of sp³-hybridized carbons (Fsp3) is 0.750. The van der Waals surface area contributed by atoms with Crippen molar-refractivity contribution in [2.24, 2.45) is 0 Å². The summed E-state index contributed by atoms with van der Waals surface area (Å²) in [5.41, 5.74) is 0. The molecular formula is C8H12Cl2FN. The molecule has 0 bridgehead atoms. The summed E-state index contributed by atoms with van der Waals surface area (Å²) in [4.78, 5) is 2.12. The van der Waals surface area contributed by atoms with Crippen LogP contribution in [0.25, 0.3) is 0 Å². The number of rotatable bonds is 3. The highest BCUT2D eigenvalue weighted by Crippen LogP contribution is 2.23. The molecule has 0 atom stereocenters. The van der Waals surface area contributed by atoms with Gasteiger partial charge in [0.1, 0.15) is 0 Å². The monoisotopic (exact) mass is 211 g/mol. The minimum atomic E-state index is -0.258. The van der Waals surface area contributed by atoms with Crippen LogP contribution in [0.15, 0.2) is 10.1 Å². The summed E-state index contributed by atoms with van der Waals surface area (Å²) in [6.07, 6.45) is 1.38. The zero-order chi connectivity index (χ0) is 8.97. The quantitative estimate of drug-likeness (QED) is 0.695. The van der Waals surface area contributed by atoms with Crippen LogP contribution >= 0.6 is 23.2 Å². The van der Waals surface area contributed by atoms with Gasteiger partial charge in [0, 0.05) is 29.7 Å². The Balaban J connectivity index is 2.33. The summed E-state index contributed by atoms with van der Waals surface area (Å²) >= 11 is 11.7. The standard InChI is InChI=1S/C8H12Cl2FN/c9-7-2-5-12(4-1-3-11)6-8(7)10/h1-6H2. The molecule has 1 aliphatic heterocycles. The Hall–Kier alpha value is 0.210. The minimum absolute atomic E-state index is 0.258. The molecule has 0 spiro atoms. The van der Waals surface area contributed by atoms with Gasteiger partial charge in [-0.2, -0.15) is 0 Å². The summed E-state index contributed by atoms with van der Waals surface area (Å²) in [6, 6.07) is 0. The first-order valence-corrected chi connectivity index (χ1v) is 4.81. The molecule has 1 heterocycles. The maximum absolute atomic E-state index is 11.8. The van der Waals surface area contributed by atoms with E-state index in [1.165, 1.54) is 0 Å². The summed E-state index contributed by atoms with van der Waals surface area (Å²) < 4.78 is 11.8. The third-order valence-electron chi connectivity index (χ3n) is 1.91. The van der Waals surface area contributed by atoms with Crippen LogP contribution in [0.5, 0.6) is 0 Å². The first-order chi connectivity index (χ1) is 5.74. The molecule has 1 rings (SSSR count). The molecule has 0 unspecified atom stereocenters. The maximum Gasteiger partial charge on any atom is 0.0906 e. The molecule has 0 saturated heterocycles. The predicted molar refractivity (Wildman–Crippen MR) is 50.4 cm³/mol. The Morgan fingerprint density at radius 1 is 1.33 bits per heavy atom. The van der Waals surface area contributed by atoms with Gasteiger partial charge in [0.25, 0.3) is 0 Å². The van der Waals surface area contributed by atoms with Crippen molar-refractivity contribution < 1.29 is 4.39 Å². The molecule has 12 heavy (non-hydrogen) atoms. The molecule has 0 radical (unpaired) electrons. The SMILES string of the molecule is FCCCN1CCC(Cl)=C(Cl)C1. The Kier molecular flexibility index (Phi) is 4.33. The van der Waals surface area contributed by atoms with Crippen molar-refractivity contribution in [3.63, 3.8) is 0 Å². The van der Waals surface area contributed by atoms with E-state index in [4.69, 9.17) is 23.2 Å². The first kappa shape index (κ1) is 10.3. The smallest absolute Gasteiger partial charge is 0.0906 e. The second kappa shape index (κ2) is 5.05. The second-order valence-electron chi connectivity index (χ2n) is 2.88. The van der Waals surface area contributed by atoms with Gasteiger partial charge in [0.2, 0.25) is 0 Å². The molecule has 0 aliphatic carbocycles. The molecule has 1 nitrogen and oxygen atoms in total. The van der Waals surface area contributed by atoms with Crippen molar-refractivity contribution in [2.45, 2.75) is 12.8 Å². The van der Waals surface area contributed by atoms with E-state index in [-0.39, 0.29) is 6.67 Å². The van der Waals surface area contributed by atoms with E-state index in [1.54, 1.807) is 0 Å². The molecule has 1 aliphatic rings. The van der Waals surface area contributed by atoms with Crippen molar-refractivity contribution in [3.8, 4) is 0 Å². The van der Waals surface area contributed by atoms with Crippen LogP contribution in [0.1, 0.15) is 12.8 Å². The molecule has 70 valence electrons. The predicted octanol–water partition coefficient (Wildman–Crippen LogP) is 2.74. The molecule has 0 saturated carbocycles. The van der Waals surface area contributed by atoms with Crippen LogP contribution in [0.2, 0.25) is 0 Å². The van der Waals surface area contributed by atoms with Gasteiger partial charge in [-0.15, -0.1) is 0 Å². The third kappa shape index (κ3) is 2.92. The number of alkyl halides is 1. The number of halogens is 3. The fourth-order valence-corrected chi connectivity index (χ4v) is 1.64. The highest BCUT2D eigenvalue weighted by molar-refractivity contribution is 6.39. The van der Waals surface area contributed by atoms with E-state index in [1.807, 2.05) is 0 Å². The Morgan fingerprint density at radius 3 is 2.67 bits per heavy atom. The van der Waals surface area contributed by atoms with Crippen LogP contribution < -0.4 is 0 Å². The summed E-state index contributed by atoms with van der Waals surface area (Å²) in [5.74, 6) is 0. The van der Waals surface area contributed by atoms with Crippen LogP contribution in [0.4, 0.5) is 4.39 Å². The number of hydrogen-bond donors (Lipinski definition) is 0. The highest BCUT2D eigenvalue weighted by Gasteiger charge is 2.15. The highest BCUT2D eigenvalue weighted by atomic mass is 35.5. The van der Waals surface area contributed by atoms with E-state index in [0.717, 1.165) is 24.5 Å². The van der Waals surface area contributed by atoms with Gasteiger partial charge in [0.05, 0.1) is 6.67 Å². The number of nitrogens with zero attached hydrogens (tertiary/aromatic N) is 1. The maximum atomic E-state index is 11.8. The lowest BCUT2D eigenvalue weighted by molar-refractivity contribution is 0.276. The van der Waals surface area contributed by atoms with Crippen LogP contribution in [-0.2, 0) is 0 Å². The Bertz CT molecular complexity index is 182. The van der Waals surface area contributed by atoms with E-state index in [0.29, 0.717) is 18.0 Å². The van der Waals surface area contributed by atoms with Crippen molar-refractivity contribution in [1.82, 2.24) is 4.90 Å². The molecule has 0 N–H and O–H groups in total. The second-order valence-corrected chi connectivity index (χ2v) is 3.79. The first-order valence-electron chi connectivity index (χ1n) is 4.05. The van der Waals surface area contributed by atoms with Gasteiger partial charge < -0.3 is 0 Å². The van der Waals surface area contributed by atoms with Crippen molar-refractivity contribution >= 4 is 23.2 Å². The zero-order valence-corrected chi connectivity index (χ0v) is 8.34. The van der Waals surface area contributed by atoms with Gasteiger partial charge in [-0.3, -0.25) is 9.29 Å². The average molecular weight is 212 g/mol. The minimum Gasteiger partial charge on any atom is -0.298 e. The molecule has 0 amide bonds. The molecular weight excluding hydrogens is 200 g/mol. The average Bonchev–Trinajstić information content (AvgIpc) is 2.07.